The number of esters is 1. The van der Waals surface area contributed by atoms with Crippen LogP contribution in [0.4, 0.5) is 11.8 Å². The number of anilines is 2. The van der Waals surface area contributed by atoms with Crippen LogP contribution in [0, 0.1) is 0 Å². The van der Waals surface area contributed by atoms with Gasteiger partial charge in [0.1, 0.15) is 11.9 Å². The van der Waals surface area contributed by atoms with Gasteiger partial charge < -0.3 is 30.8 Å². The van der Waals surface area contributed by atoms with Crippen molar-refractivity contribution in [1.29, 1.82) is 0 Å². The summed E-state index contributed by atoms with van der Waals surface area (Å²) >= 11 is 0. The van der Waals surface area contributed by atoms with Crippen molar-refractivity contribution in [3.05, 3.63) is 65.4 Å². The number of rotatable bonds is 11. The molecular weight excluding hydrogens is 454 g/mol. The van der Waals surface area contributed by atoms with Crippen molar-refractivity contribution >= 4 is 23.7 Å². The number of ether oxygens (including phenoxy) is 3. The van der Waals surface area contributed by atoms with Gasteiger partial charge in [-0.3, -0.25) is 14.9 Å². The average Bonchev–Trinajstić information content (AvgIpc) is 2.84. The van der Waals surface area contributed by atoms with Crippen LogP contribution in [-0.4, -0.2) is 53.8 Å². The van der Waals surface area contributed by atoms with E-state index in [9.17, 15) is 14.7 Å². The standard InChI is InChI=1S/C24H27N5O6/c1-33-18-10-15(8-16-12-28-24(26)29-22(16)25)11-19(34-2)21(18)35-20(30)13-27-17(23(31)32)9-14-6-4-3-5-7-14/h3-7,10-12,17,27H,8-9,13H2,1-2H3,(H,31,32)(H4,25,26,28,29). The molecule has 184 valence electrons. The number of hydrogen-bond donors (Lipinski definition) is 4. The Labute approximate surface area is 202 Å². The van der Waals surface area contributed by atoms with Crippen LogP contribution < -0.4 is 31.0 Å². The molecule has 1 atom stereocenters. The Morgan fingerprint density at radius 3 is 2.29 bits per heavy atom. The lowest BCUT2D eigenvalue weighted by molar-refractivity contribution is -0.140. The second kappa shape index (κ2) is 11.7. The first-order valence-corrected chi connectivity index (χ1v) is 10.6. The van der Waals surface area contributed by atoms with E-state index >= 15 is 0 Å². The van der Waals surface area contributed by atoms with E-state index in [0.717, 1.165) is 11.1 Å². The number of carboxylic acids is 1. The highest BCUT2D eigenvalue weighted by Crippen LogP contribution is 2.39. The molecule has 0 radical (unpaired) electrons. The first-order chi connectivity index (χ1) is 16.8. The van der Waals surface area contributed by atoms with Gasteiger partial charge in [0.15, 0.2) is 11.5 Å². The second-order valence-electron chi connectivity index (χ2n) is 7.58. The summed E-state index contributed by atoms with van der Waals surface area (Å²) in [5.41, 5.74) is 13.7. The summed E-state index contributed by atoms with van der Waals surface area (Å²) in [4.78, 5) is 32.1. The number of nitrogens with two attached hydrogens (primary N) is 2. The molecule has 1 heterocycles. The third-order valence-corrected chi connectivity index (χ3v) is 5.12. The molecule has 0 bridgehead atoms. The molecule has 1 unspecified atom stereocenters. The fourth-order valence-corrected chi connectivity index (χ4v) is 3.38. The van der Waals surface area contributed by atoms with Crippen molar-refractivity contribution in [3.63, 3.8) is 0 Å². The molecule has 2 aromatic carbocycles. The van der Waals surface area contributed by atoms with Gasteiger partial charge >= 0.3 is 11.9 Å². The predicted molar refractivity (Wildman–Crippen MR) is 128 cm³/mol. The topological polar surface area (TPSA) is 172 Å². The normalized spacial score (nSPS) is 11.5. The van der Waals surface area contributed by atoms with Crippen molar-refractivity contribution in [2.45, 2.75) is 18.9 Å². The zero-order valence-corrected chi connectivity index (χ0v) is 19.4. The summed E-state index contributed by atoms with van der Waals surface area (Å²) < 4.78 is 16.3. The molecule has 1 aromatic heterocycles. The van der Waals surface area contributed by atoms with Crippen LogP contribution in [0.1, 0.15) is 16.7 Å². The largest absolute Gasteiger partial charge is 0.493 e. The lowest BCUT2D eigenvalue weighted by Gasteiger charge is -2.17. The smallest absolute Gasteiger partial charge is 0.325 e. The molecule has 3 aromatic rings. The fraction of sp³-hybridized carbons (Fsp3) is 0.250. The molecule has 0 spiro atoms. The first-order valence-electron chi connectivity index (χ1n) is 10.6. The Morgan fingerprint density at radius 1 is 1.06 bits per heavy atom. The minimum Gasteiger partial charge on any atom is -0.493 e. The number of aliphatic carboxylic acids is 1. The zero-order valence-electron chi connectivity index (χ0n) is 19.4. The van der Waals surface area contributed by atoms with Gasteiger partial charge in [0.2, 0.25) is 11.7 Å². The van der Waals surface area contributed by atoms with Crippen LogP contribution >= 0.6 is 0 Å². The van der Waals surface area contributed by atoms with Gasteiger partial charge in [-0.15, -0.1) is 0 Å². The number of methoxy groups -OCH3 is 2. The minimum atomic E-state index is -1.08. The molecule has 0 fully saturated rings. The summed E-state index contributed by atoms with van der Waals surface area (Å²) in [6, 6.07) is 11.5. The number of nitrogens with one attached hydrogen (secondary N) is 1. The molecule has 0 aliphatic rings. The number of nitrogen functional groups attached to an aromatic ring is 2. The maximum absolute atomic E-state index is 12.5. The molecule has 11 heteroatoms. The van der Waals surface area contributed by atoms with Crippen LogP contribution in [0.2, 0.25) is 0 Å². The summed E-state index contributed by atoms with van der Waals surface area (Å²) in [6.45, 7) is -0.336. The molecule has 0 saturated heterocycles. The Bertz CT molecular complexity index is 1160. The summed E-state index contributed by atoms with van der Waals surface area (Å²) in [5.74, 6) is -0.881. The van der Waals surface area contributed by atoms with Gasteiger partial charge in [-0.1, -0.05) is 30.3 Å². The maximum atomic E-state index is 12.5. The SMILES string of the molecule is COc1cc(Cc2cnc(N)nc2N)cc(OC)c1OC(=O)CNC(Cc1ccccc1)C(=O)O. The van der Waals surface area contributed by atoms with Crippen LogP contribution in [0.25, 0.3) is 0 Å². The lowest BCUT2D eigenvalue weighted by atomic mass is 10.1. The number of aromatic nitrogens is 2. The van der Waals surface area contributed by atoms with E-state index in [2.05, 4.69) is 15.3 Å². The van der Waals surface area contributed by atoms with Gasteiger partial charge in [0.05, 0.1) is 20.8 Å². The highest BCUT2D eigenvalue weighted by Gasteiger charge is 2.22. The lowest BCUT2D eigenvalue weighted by Crippen LogP contribution is -2.42. The Morgan fingerprint density at radius 2 is 1.71 bits per heavy atom. The van der Waals surface area contributed by atoms with E-state index in [1.165, 1.54) is 20.4 Å². The van der Waals surface area contributed by atoms with Gasteiger partial charge in [0.25, 0.3) is 0 Å². The number of carbonyl (C=O) groups excluding carboxylic acids is 1. The van der Waals surface area contributed by atoms with Gasteiger partial charge in [-0.05, 0) is 29.7 Å². The quantitative estimate of drug-likeness (QED) is 0.231. The number of carboxylic acid groups (broad SMARTS) is 1. The second-order valence-corrected chi connectivity index (χ2v) is 7.58. The predicted octanol–water partition coefficient (Wildman–Crippen LogP) is 1.44. The van der Waals surface area contributed by atoms with Crippen molar-refractivity contribution in [2.75, 3.05) is 32.2 Å². The first kappa shape index (κ1) is 25.2. The number of benzene rings is 2. The van der Waals surface area contributed by atoms with E-state index in [1.54, 1.807) is 12.1 Å². The monoisotopic (exact) mass is 481 g/mol. The molecule has 0 aliphatic carbocycles. The van der Waals surface area contributed by atoms with Crippen LogP contribution in [0.3, 0.4) is 0 Å². The highest BCUT2D eigenvalue weighted by atomic mass is 16.6. The molecule has 6 N–H and O–H groups in total. The van der Waals surface area contributed by atoms with Crippen LogP contribution in [0.5, 0.6) is 17.2 Å². The van der Waals surface area contributed by atoms with E-state index in [1.807, 2.05) is 30.3 Å². The zero-order chi connectivity index (χ0) is 25.4. The van der Waals surface area contributed by atoms with E-state index in [-0.39, 0.29) is 42.0 Å². The number of hydrogen-bond acceptors (Lipinski definition) is 10. The number of nitrogens with zero attached hydrogens (tertiary/aromatic N) is 2. The minimum absolute atomic E-state index is 0.0713. The molecule has 35 heavy (non-hydrogen) atoms. The van der Waals surface area contributed by atoms with Crippen molar-refractivity contribution in [3.8, 4) is 17.2 Å². The van der Waals surface area contributed by atoms with Gasteiger partial charge in [-0.25, -0.2) is 4.98 Å². The molecule has 0 saturated carbocycles. The van der Waals surface area contributed by atoms with E-state index < -0.39 is 18.0 Å². The summed E-state index contributed by atoms with van der Waals surface area (Å²) in [5, 5.41) is 12.2. The van der Waals surface area contributed by atoms with Crippen molar-refractivity contribution in [1.82, 2.24) is 15.3 Å². The summed E-state index contributed by atoms with van der Waals surface area (Å²) in [7, 11) is 2.85. The van der Waals surface area contributed by atoms with Gasteiger partial charge in [-0.2, -0.15) is 4.98 Å². The molecule has 0 amide bonds. The maximum Gasteiger partial charge on any atom is 0.325 e. The Kier molecular flexibility index (Phi) is 8.41. The van der Waals surface area contributed by atoms with E-state index in [0.29, 0.717) is 12.0 Å². The van der Waals surface area contributed by atoms with E-state index in [4.69, 9.17) is 25.7 Å². The third kappa shape index (κ3) is 6.81. The molecular formula is C24H27N5O6. The Hall–Kier alpha value is -4.38. The van der Waals surface area contributed by atoms with Crippen molar-refractivity contribution < 1.29 is 28.9 Å². The molecule has 0 aliphatic heterocycles. The van der Waals surface area contributed by atoms with Gasteiger partial charge in [0, 0.05) is 18.2 Å². The third-order valence-electron chi connectivity index (χ3n) is 5.12. The fourth-order valence-electron chi connectivity index (χ4n) is 3.38. The van der Waals surface area contributed by atoms with Crippen LogP contribution in [-0.2, 0) is 22.4 Å². The average molecular weight is 482 g/mol. The molecule has 11 nitrogen and oxygen atoms in total. The Balaban J connectivity index is 1.72. The van der Waals surface area contributed by atoms with Crippen LogP contribution in [0.15, 0.2) is 48.7 Å². The molecule has 3 rings (SSSR count). The number of carbonyl (C=O) groups is 2. The highest BCUT2D eigenvalue weighted by molar-refractivity contribution is 5.79. The summed E-state index contributed by atoms with van der Waals surface area (Å²) in [6.07, 6.45) is 2.10. The van der Waals surface area contributed by atoms with Crippen molar-refractivity contribution in [2.24, 2.45) is 0 Å².